The molecule has 3 heterocycles. The van der Waals surface area contributed by atoms with Gasteiger partial charge >= 0.3 is 0 Å². The quantitative estimate of drug-likeness (QED) is 0.816. The van der Waals surface area contributed by atoms with Crippen molar-refractivity contribution in [3.8, 4) is 0 Å². The first-order valence-corrected chi connectivity index (χ1v) is 7.37. The number of aliphatic hydroxyl groups excluding tert-OH is 1. The van der Waals surface area contributed by atoms with Gasteiger partial charge in [0.2, 0.25) is 0 Å². The molecule has 0 aliphatic carbocycles. The molecule has 0 amide bonds. The zero-order valence-corrected chi connectivity index (χ0v) is 12.1. The molecule has 7 nitrogen and oxygen atoms in total. The van der Waals surface area contributed by atoms with Crippen molar-refractivity contribution >= 4 is 16.7 Å². The molecule has 0 saturated carbocycles. The standard InChI is InChI=1S/C15H18N4O3/c20-10(6-12-14(21)2-1-4-17-12)8-19-9-18-13-7-16-5-3-11(13)15(19)22/h3,5,7,9,12,14,17,21H,1-2,4,6,8H2/t12-,14+/m1/s1. The second-order valence-electron chi connectivity index (χ2n) is 5.58. The van der Waals surface area contributed by atoms with E-state index in [2.05, 4.69) is 15.3 Å². The van der Waals surface area contributed by atoms with Gasteiger partial charge in [-0.3, -0.25) is 19.1 Å². The number of aromatic nitrogens is 3. The van der Waals surface area contributed by atoms with Crippen LogP contribution in [0.25, 0.3) is 10.9 Å². The van der Waals surface area contributed by atoms with Crippen LogP contribution in [0.4, 0.5) is 0 Å². The minimum Gasteiger partial charge on any atom is -0.391 e. The molecule has 3 rings (SSSR count). The number of nitrogens with one attached hydrogen (secondary N) is 1. The van der Waals surface area contributed by atoms with E-state index in [1.54, 1.807) is 6.07 Å². The molecular weight excluding hydrogens is 284 g/mol. The molecule has 7 heteroatoms. The third kappa shape index (κ3) is 3.05. The Hall–Kier alpha value is -2.12. The Morgan fingerprint density at radius 1 is 1.50 bits per heavy atom. The average molecular weight is 302 g/mol. The van der Waals surface area contributed by atoms with E-state index in [0.717, 1.165) is 13.0 Å². The summed E-state index contributed by atoms with van der Waals surface area (Å²) in [6, 6.07) is 1.37. The van der Waals surface area contributed by atoms with Crippen molar-refractivity contribution < 1.29 is 9.90 Å². The fourth-order valence-corrected chi connectivity index (χ4v) is 2.77. The van der Waals surface area contributed by atoms with Gasteiger partial charge in [0.25, 0.3) is 5.56 Å². The molecule has 1 aliphatic rings. The molecule has 1 aliphatic heterocycles. The van der Waals surface area contributed by atoms with Gasteiger partial charge in [0, 0.05) is 18.7 Å². The minimum atomic E-state index is -0.504. The minimum absolute atomic E-state index is 0.0327. The molecule has 2 N–H and O–H groups in total. The second kappa shape index (κ2) is 6.33. The van der Waals surface area contributed by atoms with Gasteiger partial charge in [0.1, 0.15) is 0 Å². The third-order valence-electron chi connectivity index (χ3n) is 3.97. The van der Waals surface area contributed by atoms with Crippen molar-refractivity contribution in [3.05, 3.63) is 35.1 Å². The number of aliphatic hydroxyl groups is 1. The van der Waals surface area contributed by atoms with Gasteiger partial charge in [-0.05, 0) is 25.5 Å². The summed E-state index contributed by atoms with van der Waals surface area (Å²) < 4.78 is 1.31. The molecule has 0 radical (unpaired) electrons. The fourth-order valence-electron chi connectivity index (χ4n) is 2.77. The van der Waals surface area contributed by atoms with Crippen LogP contribution in [0, 0.1) is 0 Å². The van der Waals surface area contributed by atoms with Crippen LogP contribution in [0.3, 0.4) is 0 Å². The normalized spacial score (nSPS) is 21.9. The Morgan fingerprint density at radius 2 is 2.36 bits per heavy atom. The highest BCUT2D eigenvalue weighted by molar-refractivity contribution is 5.80. The van der Waals surface area contributed by atoms with Crippen molar-refractivity contribution in [2.45, 2.75) is 38.0 Å². The van der Waals surface area contributed by atoms with E-state index in [0.29, 0.717) is 17.3 Å². The van der Waals surface area contributed by atoms with Crippen molar-refractivity contribution in [2.75, 3.05) is 6.54 Å². The Bertz CT molecular complexity index is 743. The maximum absolute atomic E-state index is 12.3. The molecule has 116 valence electrons. The Balaban J connectivity index is 1.74. The molecule has 2 aromatic rings. The number of piperidine rings is 1. The van der Waals surface area contributed by atoms with Gasteiger partial charge in [-0.15, -0.1) is 0 Å². The van der Waals surface area contributed by atoms with Crippen LogP contribution in [0.15, 0.2) is 29.6 Å². The van der Waals surface area contributed by atoms with Crippen LogP contribution in [0.5, 0.6) is 0 Å². The zero-order chi connectivity index (χ0) is 15.5. The molecule has 2 aromatic heterocycles. The SMILES string of the molecule is O=C(C[C@H]1NCCC[C@@H]1O)Cn1cnc2cnccc2c1=O. The summed E-state index contributed by atoms with van der Waals surface area (Å²) in [5.74, 6) is -0.101. The Kier molecular flexibility index (Phi) is 4.26. The van der Waals surface area contributed by atoms with E-state index in [4.69, 9.17) is 0 Å². The number of carbonyl (C=O) groups excluding carboxylic acids is 1. The third-order valence-corrected chi connectivity index (χ3v) is 3.97. The van der Waals surface area contributed by atoms with Crippen molar-refractivity contribution in [3.63, 3.8) is 0 Å². The van der Waals surface area contributed by atoms with E-state index >= 15 is 0 Å². The monoisotopic (exact) mass is 302 g/mol. The highest BCUT2D eigenvalue weighted by atomic mass is 16.3. The van der Waals surface area contributed by atoms with Gasteiger partial charge in [-0.1, -0.05) is 0 Å². The average Bonchev–Trinajstić information content (AvgIpc) is 2.53. The lowest BCUT2D eigenvalue weighted by molar-refractivity contribution is -0.121. The number of hydrogen-bond donors (Lipinski definition) is 2. The summed E-state index contributed by atoms with van der Waals surface area (Å²) in [6.45, 7) is 0.772. The second-order valence-corrected chi connectivity index (χ2v) is 5.58. The lowest BCUT2D eigenvalue weighted by Gasteiger charge is -2.28. The predicted octanol–water partition coefficient (Wildman–Crippen LogP) is -0.136. The molecule has 0 spiro atoms. The lowest BCUT2D eigenvalue weighted by atomic mass is 9.97. The van der Waals surface area contributed by atoms with Crippen LogP contribution in [-0.2, 0) is 11.3 Å². The molecule has 1 saturated heterocycles. The molecular formula is C15H18N4O3. The number of ketones is 1. The number of fused-ring (bicyclic) bond motifs is 1. The highest BCUT2D eigenvalue weighted by Crippen LogP contribution is 2.12. The van der Waals surface area contributed by atoms with Gasteiger partial charge in [-0.25, -0.2) is 4.98 Å². The van der Waals surface area contributed by atoms with Crippen LogP contribution in [-0.4, -0.2) is 44.1 Å². The lowest BCUT2D eigenvalue weighted by Crippen LogP contribution is -2.46. The van der Waals surface area contributed by atoms with E-state index < -0.39 is 6.10 Å². The van der Waals surface area contributed by atoms with Crippen LogP contribution in [0.1, 0.15) is 19.3 Å². The van der Waals surface area contributed by atoms with Crippen molar-refractivity contribution in [1.82, 2.24) is 19.9 Å². The van der Waals surface area contributed by atoms with E-state index in [1.165, 1.54) is 23.3 Å². The number of rotatable bonds is 4. The largest absolute Gasteiger partial charge is 0.391 e. The Morgan fingerprint density at radius 3 is 3.18 bits per heavy atom. The van der Waals surface area contributed by atoms with Crippen LogP contribution >= 0.6 is 0 Å². The van der Waals surface area contributed by atoms with Gasteiger partial charge in [0.05, 0.1) is 36.1 Å². The highest BCUT2D eigenvalue weighted by Gasteiger charge is 2.24. The molecule has 2 atom stereocenters. The summed E-state index contributed by atoms with van der Waals surface area (Å²) in [7, 11) is 0. The first-order valence-electron chi connectivity index (χ1n) is 7.37. The maximum Gasteiger partial charge on any atom is 0.261 e. The number of hydrogen-bond acceptors (Lipinski definition) is 6. The van der Waals surface area contributed by atoms with Crippen molar-refractivity contribution in [2.24, 2.45) is 0 Å². The molecule has 0 bridgehead atoms. The van der Waals surface area contributed by atoms with E-state index in [-0.39, 0.29) is 30.3 Å². The first-order chi connectivity index (χ1) is 10.6. The Labute approximate surface area is 127 Å². The topological polar surface area (TPSA) is 97.1 Å². The van der Waals surface area contributed by atoms with Gasteiger partial charge in [-0.2, -0.15) is 0 Å². The summed E-state index contributed by atoms with van der Waals surface area (Å²) in [5, 5.41) is 13.5. The van der Waals surface area contributed by atoms with Gasteiger partial charge in [0.15, 0.2) is 5.78 Å². The fraction of sp³-hybridized carbons (Fsp3) is 0.467. The van der Waals surface area contributed by atoms with Crippen molar-refractivity contribution in [1.29, 1.82) is 0 Å². The number of nitrogens with zero attached hydrogens (tertiary/aromatic N) is 3. The summed E-state index contributed by atoms with van der Waals surface area (Å²) in [4.78, 5) is 32.5. The molecule has 0 aromatic carbocycles. The summed E-state index contributed by atoms with van der Waals surface area (Å²) in [5.41, 5.74) is 0.262. The van der Waals surface area contributed by atoms with E-state index in [9.17, 15) is 14.7 Å². The maximum atomic E-state index is 12.3. The predicted molar refractivity (Wildman–Crippen MR) is 80.5 cm³/mol. The molecule has 22 heavy (non-hydrogen) atoms. The number of carbonyl (C=O) groups is 1. The van der Waals surface area contributed by atoms with Crippen LogP contribution in [0.2, 0.25) is 0 Å². The van der Waals surface area contributed by atoms with Crippen LogP contribution < -0.4 is 10.9 Å². The molecule has 1 fully saturated rings. The smallest absolute Gasteiger partial charge is 0.261 e. The number of pyridine rings is 1. The number of Topliss-reactive ketones (excluding diaryl/α,β-unsaturated/α-hetero) is 1. The molecule has 0 unspecified atom stereocenters. The van der Waals surface area contributed by atoms with E-state index in [1.807, 2.05) is 0 Å². The van der Waals surface area contributed by atoms with Gasteiger partial charge < -0.3 is 10.4 Å². The zero-order valence-electron chi connectivity index (χ0n) is 12.1. The summed E-state index contributed by atoms with van der Waals surface area (Å²) >= 11 is 0. The summed E-state index contributed by atoms with van der Waals surface area (Å²) in [6.07, 6.45) is 5.74. The first kappa shape index (κ1) is 14.8.